The summed E-state index contributed by atoms with van der Waals surface area (Å²) < 4.78 is 50.1. The van der Waals surface area contributed by atoms with Crippen molar-refractivity contribution in [1.29, 1.82) is 0 Å². The second-order valence-corrected chi connectivity index (χ2v) is 11.9. The Morgan fingerprint density at radius 2 is 1.79 bits per heavy atom. The van der Waals surface area contributed by atoms with E-state index in [4.69, 9.17) is 0 Å². The van der Waals surface area contributed by atoms with Gasteiger partial charge in [0, 0.05) is 32.2 Å². The lowest BCUT2D eigenvalue weighted by Crippen LogP contribution is -2.51. The lowest BCUT2D eigenvalue weighted by atomic mass is 10.1. The van der Waals surface area contributed by atoms with E-state index >= 15 is 0 Å². The number of carbonyl (C=O) groups excluding carboxylic acids is 1. The lowest BCUT2D eigenvalue weighted by molar-refractivity contribution is -0.123. The maximum absolute atomic E-state index is 12.8. The highest BCUT2D eigenvalue weighted by Crippen LogP contribution is 2.19. The number of carbonyl (C=O) groups is 1. The molecule has 1 amide bonds. The molecule has 0 spiro atoms. The fourth-order valence-electron chi connectivity index (χ4n) is 3.78. The summed E-state index contributed by atoms with van der Waals surface area (Å²) >= 11 is 0. The van der Waals surface area contributed by atoms with Gasteiger partial charge in [0.2, 0.25) is 15.9 Å². The SMILES string of the molecule is CCCc1ccc(S(=O)(=O)N2CCN(CC(=O)N[C@H]3CCS(=O)(=O)C3)CC2)cc1. The molecule has 2 heterocycles. The monoisotopic (exact) mass is 443 g/mol. The molecule has 29 heavy (non-hydrogen) atoms. The molecule has 3 rings (SSSR count). The highest BCUT2D eigenvalue weighted by atomic mass is 32.2. The number of hydrogen-bond donors (Lipinski definition) is 1. The van der Waals surface area contributed by atoms with Gasteiger partial charge in [-0.25, -0.2) is 16.8 Å². The van der Waals surface area contributed by atoms with Gasteiger partial charge in [0.15, 0.2) is 9.84 Å². The van der Waals surface area contributed by atoms with E-state index in [1.54, 1.807) is 12.1 Å². The van der Waals surface area contributed by atoms with Gasteiger partial charge in [-0.05, 0) is 30.5 Å². The molecule has 0 bridgehead atoms. The van der Waals surface area contributed by atoms with Crippen LogP contribution in [-0.2, 0) is 31.1 Å². The van der Waals surface area contributed by atoms with Crippen LogP contribution in [0, 0.1) is 0 Å². The summed E-state index contributed by atoms with van der Waals surface area (Å²) in [6, 6.07) is 6.73. The number of benzene rings is 1. The highest BCUT2D eigenvalue weighted by molar-refractivity contribution is 7.91. The van der Waals surface area contributed by atoms with Gasteiger partial charge in [0.05, 0.1) is 22.9 Å². The number of nitrogens with zero attached hydrogens (tertiary/aromatic N) is 2. The largest absolute Gasteiger partial charge is 0.351 e. The highest BCUT2D eigenvalue weighted by Gasteiger charge is 2.31. The van der Waals surface area contributed by atoms with Crippen molar-refractivity contribution in [3.8, 4) is 0 Å². The van der Waals surface area contributed by atoms with Crippen molar-refractivity contribution in [1.82, 2.24) is 14.5 Å². The van der Waals surface area contributed by atoms with Crippen LogP contribution >= 0.6 is 0 Å². The summed E-state index contributed by atoms with van der Waals surface area (Å²) in [6.07, 6.45) is 2.39. The van der Waals surface area contributed by atoms with Gasteiger partial charge >= 0.3 is 0 Å². The summed E-state index contributed by atoms with van der Waals surface area (Å²) in [4.78, 5) is 14.4. The molecule has 0 radical (unpaired) electrons. The molecule has 2 aliphatic heterocycles. The molecule has 0 aromatic heterocycles. The zero-order valence-corrected chi connectivity index (χ0v) is 18.3. The number of sulfone groups is 1. The van der Waals surface area contributed by atoms with Crippen molar-refractivity contribution < 1.29 is 21.6 Å². The van der Waals surface area contributed by atoms with E-state index in [2.05, 4.69) is 12.2 Å². The number of sulfonamides is 1. The molecule has 162 valence electrons. The fourth-order valence-corrected chi connectivity index (χ4v) is 6.87. The molecule has 2 aliphatic rings. The molecule has 0 saturated carbocycles. The summed E-state index contributed by atoms with van der Waals surface area (Å²) in [7, 11) is -6.57. The molecular formula is C19H29N3O5S2. The van der Waals surface area contributed by atoms with Gasteiger partial charge in [0.1, 0.15) is 0 Å². The smallest absolute Gasteiger partial charge is 0.243 e. The van der Waals surface area contributed by atoms with Crippen molar-refractivity contribution in [2.24, 2.45) is 0 Å². The van der Waals surface area contributed by atoms with E-state index in [0.717, 1.165) is 18.4 Å². The van der Waals surface area contributed by atoms with Gasteiger partial charge in [0.25, 0.3) is 0 Å². The van der Waals surface area contributed by atoms with Gasteiger partial charge in [-0.2, -0.15) is 4.31 Å². The molecule has 1 aromatic rings. The first-order valence-corrected chi connectivity index (χ1v) is 13.3. The lowest BCUT2D eigenvalue weighted by Gasteiger charge is -2.33. The van der Waals surface area contributed by atoms with E-state index in [0.29, 0.717) is 37.5 Å². The Morgan fingerprint density at radius 3 is 2.34 bits per heavy atom. The van der Waals surface area contributed by atoms with Crippen LogP contribution in [-0.4, -0.2) is 82.2 Å². The Labute approximate surface area is 173 Å². The summed E-state index contributed by atoms with van der Waals surface area (Å²) in [6.45, 7) is 3.80. The maximum Gasteiger partial charge on any atom is 0.243 e. The Morgan fingerprint density at radius 1 is 1.14 bits per heavy atom. The third-order valence-electron chi connectivity index (χ3n) is 5.40. The van der Waals surface area contributed by atoms with Gasteiger partial charge < -0.3 is 5.32 Å². The first kappa shape index (κ1) is 22.2. The van der Waals surface area contributed by atoms with Crippen LogP contribution in [0.1, 0.15) is 25.3 Å². The topological polar surface area (TPSA) is 104 Å². The number of rotatable bonds is 7. The number of piperazine rings is 1. The minimum atomic E-state index is -3.54. The van der Waals surface area contributed by atoms with Crippen LogP contribution < -0.4 is 5.32 Å². The van der Waals surface area contributed by atoms with E-state index in [1.807, 2.05) is 17.0 Å². The van der Waals surface area contributed by atoms with E-state index in [1.165, 1.54) is 4.31 Å². The third kappa shape index (κ3) is 5.78. The van der Waals surface area contributed by atoms with Crippen molar-refractivity contribution in [3.05, 3.63) is 29.8 Å². The average Bonchev–Trinajstić information content (AvgIpc) is 3.01. The van der Waals surface area contributed by atoms with Crippen molar-refractivity contribution in [3.63, 3.8) is 0 Å². The van der Waals surface area contributed by atoms with Crippen molar-refractivity contribution >= 4 is 25.8 Å². The molecule has 1 N–H and O–H groups in total. The number of nitrogens with one attached hydrogen (secondary N) is 1. The maximum atomic E-state index is 12.8. The fraction of sp³-hybridized carbons (Fsp3) is 0.632. The minimum absolute atomic E-state index is 0.00179. The minimum Gasteiger partial charge on any atom is -0.351 e. The second kappa shape index (κ2) is 9.11. The zero-order chi connectivity index (χ0) is 21.1. The summed E-state index contributed by atoms with van der Waals surface area (Å²) in [5, 5.41) is 2.77. The number of amides is 1. The van der Waals surface area contributed by atoms with Gasteiger partial charge in [-0.3, -0.25) is 9.69 Å². The molecule has 2 fully saturated rings. The van der Waals surface area contributed by atoms with Crippen LogP contribution in [0.15, 0.2) is 29.2 Å². The molecule has 2 saturated heterocycles. The average molecular weight is 444 g/mol. The van der Waals surface area contributed by atoms with Crippen LogP contribution in [0.25, 0.3) is 0 Å². The first-order valence-electron chi connectivity index (χ1n) is 10.0. The van der Waals surface area contributed by atoms with Crippen LogP contribution in [0.3, 0.4) is 0 Å². The number of aryl methyl sites for hydroxylation is 1. The van der Waals surface area contributed by atoms with Crippen molar-refractivity contribution in [2.45, 2.75) is 37.1 Å². The summed E-state index contributed by atoms with van der Waals surface area (Å²) in [5.41, 5.74) is 1.12. The third-order valence-corrected chi connectivity index (χ3v) is 9.08. The number of hydrogen-bond acceptors (Lipinski definition) is 6. The Hall–Kier alpha value is -1.49. The molecule has 1 atom stereocenters. The van der Waals surface area contributed by atoms with Gasteiger partial charge in [-0.15, -0.1) is 0 Å². The Kier molecular flexibility index (Phi) is 6.98. The second-order valence-electron chi connectivity index (χ2n) is 7.74. The van der Waals surface area contributed by atoms with Crippen LogP contribution in [0.5, 0.6) is 0 Å². The molecule has 10 heteroatoms. The van der Waals surface area contributed by atoms with E-state index in [-0.39, 0.29) is 30.0 Å². The zero-order valence-electron chi connectivity index (χ0n) is 16.7. The normalized spacial score (nSPS) is 23.1. The summed E-state index contributed by atoms with van der Waals surface area (Å²) in [5.74, 6) is -0.0923. The van der Waals surface area contributed by atoms with Crippen LogP contribution in [0.4, 0.5) is 0 Å². The van der Waals surface area contributed by atoms with Crippen LogP contribution in [0.2, 0.25) is 0 Å². The van der Waals surface area contributed by atoms with Gasteiger partial charge in [-0.1, -0.05) is 25.5 Å². The Balaban J connectivity index is 1.49. The van der Waals surface area contributed by atoms with E-state index < -0.39 is 19.9 Å². The first-order chi connectivity index (χ1) is 13.7. The quantitative estimate of drug-likeness (QED) is 0.648. The Bertz CT molecular complexity index is 921. The molecule has 0 aliphatic carbocycles. The predicted molar refractivity (Wildman–Crippen MR) is 111 cm³/mol. The standard InChI is InChI=1S/C19H29N3O5S2/c1-2-3-16-4-6-18(7-5-16)29(26,27)22-11-9-21(10-12-22)14-19(23)20-17-8-13-28(24,25)15-17/h4-7,17H,2-3,8-15H2,1H3,(H,20,23)/t17-/m0/s1. The molecule has 0 unspecified atom stereocenters. The van der Waals surface area contributed by atoms with E-state index in [9.17, 15) is 21.6 Å². The molecule has 1 aromatic carbocycles. The predicted octanol–water partition coefficient (Wildman–Crippen LogP) is 0.249. The van der Waals surface area contributed by atoms with Crippen molar-refractivity contribution in [2.75, 3.05) is 44.2 Å². The molecule has 8 nitrogen and oxygen atoms in total. The molecular weight excluding hydrogens is 414 g/mol.